The van der Waals surface area contributed by atoms with E-state index in [1.807, 2.05) is 24.3 Å². The first-order chi connectivity index (χ1) is 9.22. The summed E-state index contributed by atoms with van der Waals surface area (Å²) in [6.07, 6.45) is 4.91. The maximum atomic E-state index is 12.1. The minimum Gasteiger partial charge on any atom is -0.349 e. The van der Waals surface area contributed by atoms with E-state index in [2.05, 4.69) is 26.1 Å². The third kappa shape index (κ3) is 3.37. The van der Waals surface area contributed by atoms with Gasteiger partial charge >= 0.3 is 0 Å². The minimum atomic E-state index is 0.0531. The summed E-state index contributed by atoms with van der Waals surface area (Å²) in [5.74, 6) is 0.0531. The van der Waals surface area contributed by atoms with Gasteiger partial charge in [0.15, 0.2) is 0 Å². The molecule has 1 saturated heterocycles. The number of likely N-dealkylation sites (tertiary alicyclic amines) is 1. The van der Waals surface area contributed by atoms with Crippen molar-refractivity contribution in [2.45, 2.75) is 37.8 Å². The maximum Gasteiger partial charge on any atom is 0.251 e. The molecule has 0 unspecified atom stereocenters. The van der Waals surface area contributed by atoms with E-state index in [-0.39, 0.29) is 5.91 Å². The lowest BCUT2D eigenvalue weighted by Crippen LogP contribution is -2.45. The number of piperidine rings is 1. The molecule has 3 nitrogen and oxygen atoms in total. The molecule has 1 saturated carbocycles. The predicted molar refractivity (Wildman–Crippen MR) is 79.2 cm³/mol. The number of rotatable bonds is 3. The Bertz CT molecular complexity index is 448. The lowest BCUT2D eigenvalue weighted by molar-refractivity contribution is 0.0909. The van der Waals surface area contributed by atoms with E-state index in [1.165, 1.54) is 12.8 Å². The second kappa shape index (κ2) is 5.63. The van der Waals surface area contributed by atoms with Crippen molar-refractivity contribution in [1.82, 2.24) is 10.2 Å². The van der Waals surface area contributed by atoms with Crippen LogP contribution in [-0.2, 0) is 0 Å². The van der Waals surface area contributed by atoms with Crippen molar-refractivity contribution in [1.29, 1.82) is 0 Å². The lowest BCUT2D eigenvalue weighted by atomic mass is 10.0. The van der Waals surface area contributed by atoms with Crippen molar-refractivity contribution in [2.75, 3.05) is 13.1 Å². The van der Waals surface area contributed by atoms with Gasteiger partial charge in [-0.1, -0.05) is 15.9 Å². The van der Waals surface area contributed by atoms with Crippen molar-refractivity contribution in [3.63, 3.8) is 0 Å². The summed E-state index contributed by atoms with van der Waals surface area (Å²) < 4.78 is 1.00. The van der Waals surface area contributed by atoms with Crippen LogP contribution in [0.25, 0.3) is 0 Å². The Hall–Kier alpha value is -0.870. The molecule has 1 aliphatic carbocycles. The third-order valence-corrected chi connectivity index (χ3v) is 4.56. The molecule has 1 aromatic rings. The van der Waals surface area contributed by atoms with Crippen LogP contribution in [0.3, 0.4) is 0 Å². The van der Waals surface area contributed by atoms with Crippen molar-refractivity contribution in [3.8, 4) is 0 Å². The van der Waals surface area contributed by atoms with E-state index in [4.69, 9.17) is 0 Å². The fourth-order valence-electron chi connectivity index (χ4n) is 2.72. The number of carbonyl (C=O) groups is 1. The van der Waals surface area contributed by atoms with Gasteiger partial charge in [0.2, 0.25) is 0 Å². The number of amides is 1. The number of halogens is 1. The SMILES string of the molecule is O=C(NC1CCN(C2CC2)CC1)c1ccc(Br)cc1. The van der Waals surface area contributed by atoms with Crippen molar-refractivity contribution in [3.05, 3.63) is 34.3 Å². The second-order valence-electron chi connectivity index (χ2n) is 5.52. The molecule has 1 N–H and O–H groups in total. The Morgan fingerprint density at radius 2 is 1.74 bits per heavy atom. The molecular weight excluding hydrogens is 304 g/mol. The number of hydrogen-bond acceptors (Lipinski definition) is 2. The number of hydrogen-bond donors (Lipinski definition) is 1. The van der Waals surface area contributed by atoms with Crippen LogP contribution in [0.4, 0.5) is 0 Å². The molecule has 2 fully saturated rings. The van der Waals surface area contributed by atoms with Gasteiger partial charge in [-0.15, -0.1) is 0 Å². The standard InChI is InChI=1S/C15H19BrN2O/c16-12-3-1-11(2-4-12)15(19)17-13-7-9-18(10-8-13)14-5-6-14/h1-4,13-14H,5-10H2,(H,17,19). The Morgan fingerprint density at radius 3 is 2.32 bits per heavy atom. The van der Waals surface area contributed by atoms with E-state index in [0.29, 0.717) is 6.04 Å². The van der Waals surface area contributed by atoms with Crippen molar-refractivity contribution >= 4 is 21.8 Å². The zero-order valence-electron chi connectivity index (χ0n) is 10.9. The topological polar surface area (TPSA) is 32.3 Å². The normalized spacial score (nSPS) is 21.3. The fourth-order valence-corrected chi connectivity index (χ4v) is 2.98. The summed E-state index contributed by atoms with van der Waals surface area (Å²) in [6.45, 7) is 2.27. The Morgan fingerprint density at radius 1 is 1.11 bits per heavy atom. The molecule has 19 heavy (non-hydrogen) atoms. The molecule has 0 radical (unpaired) electrons. The zero-order valence-corrected chi connectivity index (χ0v) is 12.5. The van der Waals surface area contributed by atoms with Crippen LogP contribution >= 0.6 is 15.9 Å². The lowest BCUT2D eigenvalue weighted by Gasteiger charge is -2.32. The number of benzene rings is 1. The summed E-state index contributed by atoms with van der Waals surface area (Å²) in [4.78, 5) is 14.7. The average Bonchev–Trinajstić information content (AvgIpc) is 3.25. The van der Waals surface area contributed by atoms with E-state index in [0.717, 1.165) is 42.0 Å². The highest BCUT2D eigenvalue weighted by atomic mass is 79.9. The van der Waals surface area contributed by atoms with Crippen LogP contribution in [0.2, 0.25) is 0 Å². The van der Waals surface area contributed by atoms with Gasteiger partial charge < -0.3 is 10.2 Å². The Labute approximate surface area is 122 Å². The van der Waals surface area contributed by atoms with E-state index < -0.39 is 0 Å². The van der Waals surface area contributed by atoms with Crippen LogP contribution in [0.5, 0.6) is 0 Å². The highest BCUT2D eigenvalue weighted by Crippen LogP contribution is 2.29. The van der Waals surface area contributed by atoms with Crippen LogP contribution in [0, 0.1) is 0 Å². The molecule has 102 valence electrons. The summed E-state index contributed by atoms with van der Waals surface area (Å²) >= 11 is 3.38. The van der Waals surface area contributed by atoms with Gasteiger partial charge in [0.1, 0.15) is 0 Å². The van der Waals surface area contributed by atoms with Crippen LogP contribution in [0.15, 0.2) is 28.7 Å². The molecule has 1 heterocycles. The van der Waals surface area contributed by atoms with Crippen LogP contribution in [0.1, 0.15) is 36.0 Å². The first-order valence-corrected chi connectivity index (χ1v) is 7.82. The molecular formula is C15H19BrN2O. The van der Waals surface area contributed by atoms with Gasteiger partial charge in [-0.3, -0.25) is 4.79 Å². The van der Waals surface area contributed by atoms with Gasteiger partial charge in [-0.05, 0) is 49.9 Å². The quantitative estimate of drug-likeness (QED) is 0.928. The maximum absolute atomic E-state index is 12.1. The molecule has 4 heteroatoms. The van der Waals surface area contributed by atoms with Crippen molar-refractivity contribution < 1.29 is 4.79 Å². The zero-order chi connectivity index (χ0) is 13.2. The van der Waals surface area contributed by atoms with Crippen LogP contribution in [-0.4, -0.2) is 36.0 Å². The third-order valence-electron chi connectivity index (χ3n) is 4.03. The smallest absolute Gasteiger partial charge is 0.251 e. The highest BCUT2D eigenvalue weighted by molar-refractivity contribution is 9.10. The fraction of sp³-hybridized carbons (Fsp3) is 0.533. The monoisotopic (exact) mass is 322 g/mol. The molecule has 3 rings (SSSR count). The molecule has 1 aliphatic heterocycles. The van der Waals surface area contributed by atoms with Crippen molar-refractivity contribution in [2.24, 2.45) is 0 Å². The molecule has 0 atom stereocenters. The molecule has 1 amide bonds. The van der Waals surface area contributed by atoms with E-state index in [1.54, 1.807) is 0 Å². The molecule has 0 aromatic heterocycles. The summed E-state index contributed by atoms with van der Waals surface area (Å²) in [6, 6.07) is 8.72. The number of nitrogens with one attached hydrogen (secondary N) is 1. The van der Waals surface area contributed by atoms with Crippen LogP contribution < -0.4 is 5.32 Å². The largest absolute Gasteiger partial charge is 0.349 e. The number of carbonyl (C=O) groups excluding carboxylic acids is 1. The average molecular weight is 323 g/mol. The first-order valence-electron chi connectivity index (χ1n) is 7.03. The molecule has 0 spiro atoms. The first kappa shape index (κ1) is 13.1. The second-order valence-corrected chi connectivity index (χ2v) is 6.44. The number of nitrogens with zero attached hydrogens (tertiary/aromatic N) is 1. The Balaban J connectivity index is 1.51. The Kier molecular flexibility index (Phi) is 3.89. The minimum absolute atomic E-state index is 0.0531. The van der Waals surface area contributed by atoms with Gasteiger partial charge in [0, 0.05) is 35.2 Å². The summed E-state index contributed by atoms with van der Waals surface area (Å²) in [5.41, 5.74) is 0.743. The summed E-state index contributed by atoms with van der Waals surface area (Å²) in [7, 11) is 0. The van der Waals surface area contributed by atoms with E-state index in [9.17, 15) is 4.79 Å². The van der Waals surface area contributed by atoms with Gasteiger partial charge in [-0.2, -0.15) is 0 Å². The summed E-state index contributed by atoms with van der Waals surface area (Å²) in [5, 5.41) is 3.15. The predicted octanol–water partition coefficient (Wildman–Crippen LogP) is 2.81. The highest BCUT2D eigenvalue weighted by Gasteiger charge is 2.32. The van der Waals surface area contributed by atoms with Gasteiger partial charge in [0.25, 0.3) is 5.91 Å². The van der Waals surface area contributed by atoms with Gasteiger partial charge in [-0.25, -0.2) is 0 Å². The molecule has 1 aromatic carbocycles. The van der Waals surface area contributed by atoms with Gasteiger partial charge in [0.05, 0.1) is 0 Å². The van der Waals surface area contributed by atoms with E-state index >= 15 is 0 Å². The molecule has 0 bridgehead atoms. The molecule has 2 aliphatic rings.